The van der Waals surface area contributed by atoms with Crippen molar-refractivity contribution in [3.8, 4) is 23.0 Å². The summed E-state index contributed by atoms with van der Waals surface area (Å²) in [4.78, 5) is 25.4. The van der Waals surface area contributed by atoms with Crippen molar-refractivity contribution in [1.29, 1.82) is 0 Å². The first-order valence-corrected chi connectivity index (χ1v) is 17.0. The molecule has 4 aliphatic rings. The van der Waals surface area contributed by atoms with Gasteiger partial charge < -0.3 is 44.0 Å². The van der Waals surface area contributed by atoms with Gasteiger partial charge in [-0.15, -0.1) is 0 Å². The minimum absolute atomic E-state index is 0.0772. The van der Waals surface area contributed by atoms with Crippen LogP contribution in [0.5, 0.6) is 11.8 Å². The summed E-state index contributed by atoms with van der Waals surface area (Å²) in [5.74, 6) is 1.45. The van der Waals surface area contributed by atoms with E-state index in [9.17, 15) is 13.2 Å². The number of pyridine rings is 1. The maximum absolute atomic E-state index is 13.6. The largest absolute Gasteiger partial charge is 0.474 e. The van der Waals surface area contributed by atoms with E-state index in [1.807, 2.05) is 4.90 Å². The number of halogens is 4. The summed E-state index contributed by atoms with van der Waals surface area (Å²) < 4.78 is 74.1. The highest BCUT2D eigenvalue weighted by Gasteiger charge is 2.35. The second-order valence-corrected chi connectivity index (χ2v) is 12.3. The molecule has 3 aromatic rings. The van der Waals surface area contributed by atoms with E-state index in [1.165, 1.54) is 6.07 Å². The summed E-state index contributed by atoms with van der Waals surface area (Å²) >= 11 is 6.07. The first-order chi connectivity index (χ1) is 24.2. The van der Waals surface area contributed by atoms with Gasteiger partial charge in [0.25, 0.3) is 0 Å². The normalized spacial score (nSPS) is 19.4. The molecule has 0 spiro atoms. The Balaban J connectivity index is 0.000000187. The van der Waals surface area contributed by atoms with Crippen molar-refractivity contribution in [1.82, 2.24) is 24.9 Å². The molecule has 14 nitrogen and oxygen atoms in total. The lowest BCUT2D eigenvalue weighted by atomic mass is 10.1. The number of aromatic nitrogens is 5. The van der Waals surface area contributed by atoms with Crippen LogP contribution in [0.2, 0.25) is 5.15 Å². The first kappa shape index (κ1) is 36.0. The van der Waals surface area contributed by atoms with Crippen molar-refractivity contribution in [2.45, 2.75) is 44.1 Å². The number of rotatable bonds is 7. The molecule has 7 heterocycles. The van der Waals surface area contributed by atoms with Crippen LogP contribution in [0.25, 0.3) is 11.3 Å². The highest BCUT2D eigenvalue weighted by Crippen LogP contribution is 2.38. The maximum Gasteiger partial charge on any atom is 0.417 e. The first-order valence-electron chi connectivity index (χ1n) is 16.6. The van der Waals surface area contributed by atoms with E-state index in [0.29, 0.717) is 88.5 Å². The molecule has 50 heavy (non-hydrogen) atoms. The predicted molar refractivity (Wildman–Crippen MR) is 177 cm³/mol. The molecule has 0 atom stereocenters. The zero-order valence-corrected chi connectivity index (χ0v) is 28.2. The Bertz CT molecular complexity index is 1550. The fourth-order valence-corrected chi connectivity index (χ4v) is 5.87. The zero-order chi connectivity index (χ0) is 34.9. The van der Waals surface area contributed by atoms with Gasteiger partial charge in [-0.3, -0.25) is 0 Å². The van der Waals surface area contributed by atoms with Crippen LogP contribution in [0.4, 0.5) is 30.9 Å². The van der Waals surface area contributed by atoms with Crippen molar-refractivity contribution in [3.05, 3.63) is 35.1 Å². The summed E-state index contributed by atoms with van der Waals surface area (Å²) in [5, 5.41) is 0.406. The minimum atomic E-state index is -4.61. The van der Waals surface area contributed by atoms with Crippen molar-refractivity contribution in [2.75, 3.05) is 94.6 Å². The second kappa shape index (κ2) is 17.0. The van der Waals surface area contributed by atoms with Gasteiger partial charge in [0.2, 0.25) is 23.7 Å². The van der Waals surface area contributed by atoms with Gasteiger partial charge >= 0.3 is 6.18 Å². The molecule has 0 saturated carbocycles. The number of nitrogens with two attached hydrogens (primary N) is 1. The molecule has 7 rings (SSSR count). The Morgan fingerprint density at radius 3 is 1.68 bits per heavy atom. The number of nitrogen functional groups attached to an aromatic ring is 1. The van der Waals surface area contributed by atoms with Crippen molar-refractivity contribution in [3.63, 3.8) is 0 Å². The molecule has 4 fully saturated rings. The predicted octanol–water partition coefficient (Wildman–Crippen LogP) is 4.06. The van der Waals surface area contributed by atoms with Crippen LogP contribution in [0.15, 0.2) is 24.4 Å². The molecule has 18 heteroatoms. The molecule has 4 aliphatic heterocycles. The molecule has 0 aliphatic carbocycles. The molecule has 3 aromatic heterocycles. The zero-order valence-electron chi connectivity index (χ0n) is 27.4. The fraction of sp³-hybridized carbons (Fsp3) is 0.594. The Hall–Kier alpha value is -3.77. The van der Waals surface area contributed by atoms with Crippen LogP contribution >= 0.6 is 11.6 Å². The molecular formula is C32H40ClF3N8O6. The highest BCUT2D eigenvalue weighted by molar-refractivity contribution is 6.29. The van der Waals surface area contributed by atoms with Crippen LogP contribution in [0.1, 0.15) is 31.2 Å². The Labute approximate surface area is 292 Å². The van der Waals surface area contributed by atoms with Gasteiger partial charge in [0.15, 0.2) is 0 Å². The number of nitrogens with zero attached hydrogens (tertiary/aromatic N) is 7. The lowest BCUT2D eigenvalue weighted by Crippen LogP contribution is -2.37. The van der Waals surface area contributed by atoms with E-state index >= 15 is 0 Å². The highest BCUT2D eigenvalue weighted by atomic mass is 35.5. The average Bonchev–Trinajstić information content (AvgIpc) is 3.13. The van der Waals surface area contributed by atoms with Gasteiger partial charge in [0, 0.05) is 75.8 Å². The molecule has 0 aromatic carbocycles. The smallest absolute Gasteiger partial charge is 0.417 e. The van der Waals surface area contributed by atoms with Gasteiger partial charge in [0.1, 0.15) is 23.2 Å². The number of ether oxygens (including phenoxy) is 6. The van der Waals surface area contributed by atoms with Crippen LogP contribution in [0, 0.1) is 0 Å². The fourth-order valence-electron chi connectivity index (χ4n) is 5.71. The van der Waals surface area contributed by atoms with E-state index < -0.39 is 11.7 Å². The van der Waals surface area contributed by atoms with Crippen LogP contribution < -0.4 is 25.0 Å². The summed E-state index contributed by atoms with van der Waals surface area (Å²) in [6.45, 7) is 7.57. The molecule has 272 valence electrons. The van der Waals surface area contributed by atoms with Gasteiger partial charge in [-0.1, -0.05) is 11.6 Å². The van der Waals surface area contributed by atoms with Crippen molar-refractivity contribution >= 4 is 29.3 Å². The maximum atomic E-state index is 13.6. The Morgan fingerprint density at radius 2 is 1.16 bits per heavy atom. The Morgan fingerprint density at radius 1 is 0.680 bits per heavy atom. The second-order valence-electron chi connectivity index (χ2n) is 11.9. The van der Waals surface area contributed by atoms with E-state index in [-0.39, 0.29) is 35.2 Å². The van der Waals surface area contributed by atoms with Crippen LogP contribution in [0.3, 0.4) is 0 Å². The van der Waals surface area contributed by atoms with Crippen LogP contribution in [-0.2, 0) is 25.1 Å². The third kappa shape index (κ3) is 9.93. The lowest BCUT2D eigenvalue weighted by Gasteiger charge is -2.28. The molecule has 0 bridgehead atoms. The van der Waals surface area contributed by atoms with Crippen molar-refractivity contribution < 1.29 is 41.6 Å². The van der Waals surface area contributed by atoms with Gasteiger partial charge in [-0.05, 0) is 6.07 Å². The molecule has 0 amide bonds. The van der Waals surface area contributed by atoms with Crippen LogP contribution in [-0.4, -0.2) is 116 Å². The van der Waals surface area contributed by atoms with Gasteiger partial charge in [0.05, 0.1) is 64.1 Å². The molecule has 0 unspecified atom stereocenters. The number of morpholine rings is 2. The molecule has 4 saturated heterocycles. The number of anilines is 3. The summed E-state index contributed by atoms with van der Waals surface area (Å²) in [5.41, 5.74) is 4.50. The average molecular weight is 725 g/mol. The molecule has 2 N–H and O–H groups in total. The summed E-state index contributed by atoms with van der Waals surface area (Å²) in [7, 11) is 0. The minimum Gasteiger partial charge on any atom is -0.474 e. The van der Waals surface area contributed by atoms with E-state index in [0.717, 1.165) is 51.4 Å². The summed E-state index contributed by atoms with van der Waals surface area (Å²) in [6.07, 6.45) is -0.367. The summed E-state index contributed by atoms with van der Waals surface area (Å²) in [6, 6.07) is 3.90. The van der Waals surface area contributed by atoms with E-state index in [4.69, 9.17) is 45.8 Å². The third-order valence-electron chi connectivity index (χ3n) is 8.36. The third-order valence-corrected chi connectivity index (χ3v) is 8.55. The number of hydrogen-bond donors (Lipinski definition) is 1. The van der Waals surface area contributed by atoms with Gasteiger partial charge in [-0.2, -0.15) is 23.1 Å². The standard InChI is InChI=1S/C19H22F3N5O3.C13H18ClN3O3/c20-19(21,22)14-9-16(23)24-11-13(14)15-10-17(30-12-1-5-28-6-2-12)26-18(25-15)27-3-7-29-8-4-27;14-11-9-12(20-10-1-5-18-6-2-10)16-13(15-11)17-3-7-19-8-4-17/h9-12H,1-8H2,(H2,23,24);9-10H,1-8H2. The van der Waals surface area contributed by atoms with E-state index in [1.54, 1.807) is 6.07 Å². The molecule has 0 radical (unpaired) electrons. The molecular weight excluding hydrogens is 685 g/mol. The number of alkyl halides is 3. The number of hydrogen-bond acceptors (Lipinski definition) is 14. The quantitative estimate of drug-likeness (QED) is 0.349. The van der Waals surface area contributed by atoms with E-state index in [2.05, 4.69) is 29.8 Å². The Kier molecular flexibility index (Phi) is 12.2. The van der Waals surface area contributed by atoms with Crippen molar-refractivity contribution in [2.24, 2.45) is 0 Å². The SMILES string of the molecule is Clc1cc(OC2CCOCC2)nc(N2CCOCC2)n1.Nc1cc(C(F)(F)F)c(-c2cc(OC3CCOCC3)nc(N3CCOCC3)n2)cn1. The van der Waals surface area contributed by atoms with Gasteiger partial charge in [-0.25, -0.2) is 15.0 Å². The lowest BCUT2D eigenvalue weighted by molar-refractivity contribution is -0.137. The topological polar surface area (TPSA) is 152 Å². The monoisotopic (exact) mass is 724 g/mol.